The summed E-state index contributed by atoms with van der Waals surface area (Å²) in [5, 5.41) is 1.27. The third-order valence-corrected chi connectivity index (χ3v) is 8.72. The van der Waals surface area contributed by atoms with Gasteiger partial charge in [0.1, 0.15) is 5.76 Å². The Hall–Kier alpha value is -3.27. The Balaban J connectivity index is 1.23. The van der Waals surface area contributed by atoms with Crippen molar-refractivity contribution in [3.63, 3.8) is 0 Å². The maximum Gasteiger partial charge on any atom is 0.289 e. The van der Waals surface area contributed by atoms with Gasteiger partial charge in [-0.05, 0) is 83.0 Å². The number of para-hydroxylation sites is 1. The minimum Gasteiger partial charge on any atom is -0.456 e. The van der Waals surface area contributed by atoms with Crippen LogP contribution in [0.2, 0.25) is 0 Å². The van der Waals surface area contributed by atoms with Crippen LogP contribution < -0.4 is 0 Å². The summed E-state index contributed by atoms with van der Waals surface area (Å²) in [6.07, 6.45) is 3.98. The van der Waals surface area contributed by atoms with Gasteiger partial charge in [0.05, 0.1) is 6.54 Å². The predicted molar refractivity (Wildman–Crippen MR) is 145 cm³/mol. The second-order valence-corrected chi connectivity index (χ2v) is 12.1. The Morgan fingerprint density at radius 2 is 1.72 bits per heavy atom. The van der Waals surface area contributed by atoms with E-state index in [4.69, 9.17) is 4.42 Å². The SMILES string of the molecule is Cc1cc2c(cc1Cc1ccc(C(=O)N3CCc4c([nH]c5ccccc45)C3)o1)C(C)(C)CCC2(C)C. The lowest BCUT2D eigenvalue weighted by molar-refractivity contribution is 0.0699. The van der Waals surface area contributed by atoms with Gasteiger partial charge in [-0.1, -0.05) is 58.0 Å². The lowest BCUT2D eigenvalue weighted by Crippen LogP contribution is -2.35. The molecule has 0 bridgehead atoms. The number of fused-ring (bicyclic) bond motifs is 4. The molecule has 2 aromatic heterocycles. The van der Waals surface area contributed by atoms with Crippen LogP contribution in [0.15, 0.2) is 52.9 Å². The van der Waals surface area contributed by atoms with Gasteiger partial charge >= 0.3 is 0 Å². The van der Waals surface area contributed by atoms with E-state index in [9.17, 15) is 4.79 Å². The van der Waals surface area contributed by atoms with Crippen molar-refractivity contribution in [1.29, 1.82) is 0 Å². The van der Waals surface area contributed by atoms with Gasteiger partial charge in [-0.3, -0.25) is 4.79 Å². The van der Waals surface area contributed by atoms with Crippen LogP contribution in [0.25, 0.3) is 10.9 Å². The number of benzene rings is 2. The number of H-pyrrole nitrogens is 1. The zero-order valence-corrected chi connectivity index (χ0v) is 22.1. The summed E-state index contributed by atoms with van der Waals surface area (Å²) >= 11 is 0. The highest BCUT2D eigenvalue weighted by atomic mass is 16.4. The first-order valence-corrected chi connectivity index (χ1v) is 13.2. The Bertz CT molecular complexity index is 1480. The van der Waals surface area contributed by atoms with Crippen LogP contribution in [-0.2, 0) is 30.2 Å². The second-order valence-electron chi connectivity index (χ2n) is 12.1. The maximum atomic E-state index is 13.3. The van der Waals surface area contributed by atoms with Gasteiger partial charge in [0, 0.05) is 29.6 Å². The number of hydrogen-bond donors (Lipinski definition) is 1. The lowest BCUT2D eigenvalue weighted by atomic mass is 9.62. The van der Waals surface area contributed by atoms with Gasteiger partial charge in [0.15, 0.2) is 5.76 Å². The summed E-state index contributed by atoms with van der Waals surface area (Å²) in [5.74, 6) is 1.25. The molecule has 0 radical (unpaired) electrons. The molecule has 36 heavy (non-hydrogen) atoms. The standard InChI is InChI=1S/C32H36N2O2/c1-20-16-25-26(32(4,5)14-13-31(25,2)3)18-21(20)17-22-10-11-29(36-22)30(35)34-15-12-24-23-8-6-7-9-27(23)33-28(24)19-34/h6-11,16,18,33H,12-15,17,19H2,1-5H3. The van der Waals surface area contributed by atoms with Crippen LogP contribution in [0.1, 0.15) is 90.4 Å². The summed E-state index contributed by atoms with van der Waals surface area (Å²) in [6.45, 7) is 13.0. The van der Waals surface area contributed by atoms with Gasteiger partial charge in [-0.25, -0.2) is 0 Å². The molecule has 4 heteroatoms. The number of furan rings is 1. The minimum absolute atomic E-state index is 0.0319. The summed E-state index contributed by atoms with van der Waals surface area (Å²) in [4.78, 5) is 18.7. The van der Waals surface area contributed by atoms with Crippen molar-refractivity contribution >= 4 is 16.8 Å². The molecular formula is C32H36N2O2. The Labute approximate surface area is 213 Å². The molecule has 0 unspecified atom stereocenters. The molecule has 0 spiro atoms. The molecule has 0 saturated carbocycles. The molecule has 3 heterocycles. The average molecular weight is 481 g/mol. The van der Waals surface area contributed by atoms with E-state index in [1.165, 1.54) is 46.0 Å². The molecule has 1 amide bonds. The van der Waals surface area contributed by atoms with E-state index in [2.05, 4.69) is 69.9 Å². The summed E-state index contributed by atoms with van der Waals surface area (Å²) < 4.78 is 6.14. The van der Waals surface area contributed by atoms with E-state index in [-0.39, 0.29) is 16.7 Å². The highest BCUT2D eigenvalue weighted by Gasteiger charge is 2.37. The topological polar surface area (TPSA) is 49.2 Å². The average Bonchev–Trinajstić information content (AvgIpc) is 3.46. The van der Waals surface area contributed by atoms with Crippen LogP contribution in [0.4, 0.5) is 0 Å². The fourth-order valence-corrected chi connectivity index (χ4v) is 6.26. The van der Waals surface area contributed by atoms with Crippen LogP contribution in [0.3, 0.4) is 0 Å². The molecular weight excluding hydrogens is 444 g/mol. The van der Waals surface area contributed by atoms with E-state index < -0.39 is 0 Å². The molecule has 2 aromatic carbocycles. The number of amides is 1. The van der Waals surface area contributed by atoms with E-state index in [0.717, 1.165) is 23.4 Å². The molecule has 4 aromatic rings. The van der Waals surface area contributed by atoms with Crippen molar-refractivity contribution in [2.24, 2.45) is 0 Å². The first-order valence-electron chi connectivity index (χ1n) is 13.2. The van der Waals surface area contributed by atoms with E-state index in [1.807, 2.05) is 23.1 Å². The number of aryl methyl sites for hydroxylation is 1. The predicted octanol–water partition coefficient (Wildman–Crippen LogP) is 7.21. The lowest BCUT2D eigenvalue weighted by Gasteiger charge is -2.42. The fourth-order valence-electron chi connectivity index (χ4n) is 6.26. The summed E-state index contributed by atoms with van der Waals surface area (Å²) in [5.41, 5.74) is 9.53. The molecule has 4 nitrogen and oxygen atoms in total. The Morgan fingerprint density at radius 3 is 2.50 bits per heavy atom. The van der Waals surface area contributed by atoms with Crippen LogP contribution in [-0.4, -0.2) is 22.3 Å². The molecule has 0 saturated heterocycles. The minimum atomic E-state index is -0.0319. The fraction of sp³-hybridized carbons (Fsp3) is 0.406. The van der Waals surface area contributed by atoms with E-state index >= 15 is 0 Å². The highest BCUT2D eigenvalue weighted by Crippen LogP contribution is 2.46. The van der Waals surface area contributed by atoms with E-state index in [1.54, 1.807) is 0 Å². The third-order valence-electron chi connectivity index (χ3n) is 8.72. The number of carbonyl (C=O) groups excluding carboxylic acids is 1. The monoisotopic (exact) mass is 480 g/mol. The second kappa shape index (κ2) is 8.12. The van der Waals surface area contributed by atoms with Crippen molar-refractivity contribution in [2.45, 2.75) is 77.7 Å². The molecule has 1 aliphatic carbocycles. The molecule has 2 aliphatic rings. The van der Waals surface area contributed by atoms with Crippen molar-refractivity contribution in [3.8, 4) is 0 Å². The maximum absolute atomic E-state index is 13.3. The number of aromatic amines is 1. The van der Waals surface area contributed by atoms with Crippen molar-refractivity contribution < 1.29 is 9.21 Å². The van der Waals surface area contributed by atoms with Gasteiger partial charge in [-0.2, -0.15) is 0 Å². The zero-order valence-electron chi connectivity index (χ0n) is 22.1. The van der Waals surface area contributed by atoms with Crippen LogP contribution in [0, 0.1) is 6.92 Å². The van der Waals surface area contributed by atoms with Gasteiger partial charge in [-0.15, -0.1) is 0 Å². The number of rotatable bonds is 3. The smallest absolute Gasteiger partial charge is 0.289 e. The first kappa shape index (κ1) is 23.1. The zero-order chi connectivity index (χ0) is 25.2. The molecule has 1 aliphatic heterocycles. The highest BCUT2D eigenvalue weighted by molar-refractivity contribution is 5.92. The normalized spacial score (nSPS) is 18.2. The number of carbonyl (C=O) groups is 1. The number of nitrogens with zero attached hydrogens (tertiary/aromatic N) is 1. The third kappa shape index (κ3) is 3.78. The quantitative estimate of drug-likeness (QED) is 0.337. The molecule has 6 rings (SSSR count). The van der Waals surface area contributed by atoms with Gasteiger partial charge in [0.2, 0.25) is 0 Å². The molecule has 0 atom stereocenters. The molecule has 1 N–H and O–H groups in total. The molecule has 186 valence electrons. The van der Waals surface area contributed by atoms with Crippen molar-refractivity contribution in [2.75, 3.05) is 6.54 Å². The first-order chi connectivity index (χ1) is 17.1. The van der Waals surface area contributed by atoms with Crippen LogP contribution >= 0.6 is 0 Å². The number of nitrogens with one attached hydrogen (secondary N) is 1. The Morgan fingerprint density at radius 1 is 1.00 bits per heavy atom. The van der Waals surface area contributed by atoms with E-state index in [0.29, 0.717) is 25.3 Å². The van der Waals surface area contributed by atoms with Crippen molar-refractivity contribution in [3.05, 3.63) is 93.6 Å². The largest absolute Gasteiger partial charge is 0.456 e. The Kier molecular flexibility index (Phi) is 5.22. The van der Waals surface area contributed by atoms with Gasteiger partial charge < -0.3 is 14.3 Å². The van der Waals surface area contributed by atoms with Gasteiger partial charge in [0.25, 0.3) is 5.91 Å². The molecule has 0 fully saturated rings. The summed E-state index contributed by atoms with van der Waals surface area (Å²) in [7, 11) is 0. The van der Waals surface area contributed by atoms with Crippen LogP contribution in [0.5, 0.6) is 0 Å². The number of aromatic nitrogens is 1. The number of hydrogen-bond acceptors (Lipinski definition) is 2. The van der Waals surface area contributed by atoms with Crippen molar-refractivity contribution in [1.82, 2.24) is 9.88 Å². The summed E-state index contributed by atoms with van der Waals surface area (Å²) in [6, 6.07) is 17.0.